The second-order valence-corrected chi connectivity index (χ2v) is 6.96. The molecule has 0 saturated carbocycles. The Kier molecular flexibility index (Phi) is 4.70. The molecular formula is C22H15F3N6. The minimum atomic E-state index is -0.726. The topological polar surface area (TPSA) is 79.4 Å². The third-order valence-electron chi connectivity index (χ3n) is 4.92. The maximum atomic E-state index is 14.3. The van der Waals surface area contributed by atoms with Crippen molar-refractivity contribution in [3.63, 3.8) is 0 Å². The van der Waals surface area contributed by atoms with Gasteiger partial charge >= 0.3 is 0 Å². The molecule has 0 aliphatic rings. The fourth-order valence-corrected chi connectivity index (χ4v) is 3.55. The Labute approximate surface area is 174 Å². The first-order valence-electron chi connectivity index (χ1n) is 9.51. The Morgan fingerprint density at radius 2 is 1.74 bits per heavy atom. The molecular weight excluding hydrogens is 405 g/mol. The number of H-pyrrole nitrogens is 1. The normalized spacial score (nSPS) is 11.3. The first kappa shape index (κ1) is 19.0. The number of nitrogens with zero attached hydrogens (tertiary/aromatic N) is 4. The molecule has 5 rings (SSSR count). The maximum Gasteiger partial charge on any atom is 0.162 e. The molecule has 31 heavy (non-hydrogen) atoms. The van der Waals surface area contributed by atoms with E-state index in [9.17, 15) is 13.2 Å². The van der Waals surface area contributed by atoms with Gasteiger partial charge in [0.15, 0.2) is 11.5 Å². The van der Waals surface area contributed by atoms with E-state index in [1.54, 1.807) is 18.2 Å². The highest BCUT2D eigenvalue weighted by Gasteiger charge is 2.14. The van der Waals surface area contributed by atoms with E-state index in [0.29, 0.717) is 46.6 Å². The molecule has 2 aromatic carbocycles. The summed E-state index contributed by atoms with van der Waals surface area (Å²) in [5, 5.41) is 3.80. The lowest BCUT2D eigenvalue weighted by Gasteiger charge is -2.13. The van der Waals surface area contributed by atoms with E-state index in [0.717, 1.165) is 6.07 Å². The van der Waals surface area contributed by atoms with E-state index in [1.807, 2.05) is 0 Å². The molecule has 6 nitrogen and oxygen atoms in total. The molecule has 0 radical (unpaired) electrons. The van der Waals surface area contributed by atoms with Gasteiger partial charge in [0.25, 0.3) is 0 Å². The number of fused-ring (bicyclic) bond motifs is 2. The Morgan fingerprint density at radius 3 is 2.58 bits per heavy atom. The van der Waals surface area contributed by atoms with Crippen LogP contribution in [0, 0.1) is 17.5 Å². The Morgan fingerprint density at radius 1 is 0.903 bits per heavy atom. The smallest absolute Gasteiger partial charge is 0.162 e. The van der Waals surface area contributed by atoms with Crippen molar-refractivity contribution in [2.75, 3.05) is 11.9 Å². The van der Waals surface area contributed by atoms with Gasteiger partial charge in [0.1, 0.15) is 34.8 Å². The first-order valence-corrected chi connectivity index (χ1v) is 9.51. The minimum Gasteiger partial charge on any atom is -0.368 e. The molecule has 2 N–H and O–H groups in total. The zero-order valence-corrected chi connectivity index (χ0v) is 16.0. The SMILES string of the molecule is Fc1cc(F)cc(-c2nc3c(F)cccc3cc2CCNc2ncnc3[nH]cnc23)c1. The van der Waals surface area contributed by atoms with Gasteiger partial charge in [0.05, 0.1) is 12.0 Å². The number of hydrogen-bond acceptors (Lipinski definition) is 5. The molecule has 0 spiro atoms. The van der Waals surface area contributed by atoms with Crippen molar-refractivity contribution >= 4 is 27.9 Å². The number of hydrogen-bond donors (Lipinski definition) is 2. The molecule has 154 valence electrons. The van der Waals surface area contributed by atoms with Gasteiger partial charge in [-0.1, -0.05) is 12.1 Å². The fraction of sp³-hybridized carbons (Fsp3) is 0.0909. The molecule has 0 amide bonds. The first-order chi connectivity index (χ1) is 15.1. The summed E-state index contributed by atoms with van der Waals surface area (Å²) in [5.74, 6) is -1.39. The van der Waals surface area contributed by atoms with Crippen LogP contribution in [-0.2, 0) is 6.42 Å². The van der Waals surface area contributed by atoms with E-state index in [-0.39, 0.29) is 11.1 Å². The van der Waals surface area contributed by atoms with Crippen LogP contribution in [0.5, 0.6) is 0 Å². The number of aromatic nitrogens is 5. The van der Waals surface area contributed by atoms with Crippen molar-refractivity contribution in [1.82, 2.24) is 24.9 Å². The quantitative estimate of drug-likeness (QED) is 0.433. The van der Waals surface area contributed by atoms with Gasteiger partial charge < -0.3 is 10.3 Å². The van der Waals surface area contributed by atoms with Gasteiger partial charge in [-0.15, -0.1) is 0 Å². The van der Waals surface area contributed by atoms with Crippen molar-refractivity contribution in [1.29, 1.82) is 0 Å². The molecule has 3 heterocycles. The van der Waals surface area contributed by atoms with Crippen LogP contribution in [0.1, 0.15) is 5.56 Å². The summed E-state index contributed by atoms with van der Waals surface area (Å²) in [6.07, 6.45) is 3.40. The average molecular weight is 420 g/mol. The summed E-state index contributed by atoms with van der Waals surface area (Å²) in [5.41, 5.74) is 2.64. The van der Waals surface area contributed by atoms with Crippen LogP contribution in [0.25, 0.3) is 33.3 Å². The lowest BCUT2D eigenvalue weighted by atomic mass is 10.0. The molecule has 0 bridgehead atoms. The summed E-state index contributed by atoms with van der Waals surface area (Å²) < 4.78 is 42.0. The fourth-order valence-electron chi connectivity index (χ4n) is 3.55. The monoisotopic (exact) mass is 420 g/mol. The van der Waals surface area contributed by atoms with Gasteiger partial charge in [-0.05, 0) is 36.2 Å². The lowest BCUT2D eigenvalue weighted by Crippen LogP contribution is -2.09. The van der Waals surface area contributed by atoms with Crippen molar-refractivity contribution in [3.05, 3.63) is 78.1 Å². The molecule has 0 saturated heterocycles. The predicted octanol–water partition coefficient (Wildman–Crippen LogP) is 4.64. The highest BCUT2D eigenvalue weighted by atomic mass is 19.1. The number of anilines is 1. The second-order valence-electron chi connectivity index (χ2n) is 6.96. The van der Waals surface area contributed by atoms with E-state index in [1.165, 1.54) is 30.9 Å². The summed E-state index contributed by atoms with van der Waals surface area (Å²) >= 11 is 0. The van der Waals surface area contributed by atoms with Crippen LogP contribution >= 0.6 is 0 Å². The van der Waals surface area contributed by atoms with Gasteiger partial charge in [-0.2, -0.15) is 0 Å². The standard InChI is InChI=1S/C22H15F3N6/c23-15-7-14(8-16(24)9-15)18-13(6-12-2-1-3-17(25)19(12)31-18)4-5-26-21-20-22(28-10-27-20)30-11-29-21/h1-3,6-11H,4-5H2,(H2,26,27,28,29,30). The molecule has 0 aliphatic heterocycles. The molecule has 9 heteroatoms. The lowest BCUT2D eigenvalue weighted by molar-refractivity contribution is 0.584. The van der Waals surface area contributed by atoms with Crippen LogP contribution in [0.2, 0.25) is 0 Å². The van der Waals surface area contributed by atoms with Crippen molar-refractivity contribution in [2.24, 2.45) is 0 Å². The third kappa shape index (κ3) is 3.65. The van der Waals surface area contributed by atoms with Crippen molar-refractivity contribution in [2.45, 2.75) is 6.42 Å². The van der Waals surface area contributed by atoms with Crippen LogP contribution in [0.15, 0.2) is 55.1 Å². The molecule has 0 unspecified atom stereocenters. The Hall–Kier alpha value is -4.01. The Bertz CT molecular complexity index is 1400. The molecule has 0 fully saturated rings. The second kappa shape index (κ2) is 7.67. The zero-order valence-electron chi connectivity index (χ0n) is 16.0. The van der Waals surface area contributed by atoms with Crippen molar-refractivity contribution < 1.29 is 13.2 Å². The molecule has 5 aromatic rings. The van der Waals surface area contributed by atoms with E-state index in [2.05, 4.69) is 30.2 Å². The highest BCUT2D eigenvalue weighted by molar-refractivity contribution is 5.84. The average Bonchev–Trinajstić information content (AvgIpc) is 3.23. The van der Waals surface area contributed by atoms with Gasteiger partial charge in [0, 0.05) is 23.6 Å². The predicted molar refractivity (Wildman–Crippen MR) is 111 cm³/mol. The number of pyridine rings is 1. The van der Waals surface area contributed by atoms with Crippen LogP contribution in [-0.4, -0.2) is 31.5 Å². The van der Waals surface area contributed by atoms with Crippen molar-refractivity contribution in [3.8, 4) is 11.3 Å². The summed E-state index contributed by atoms with van der Waals surface area (Å²) in [4.78, 5) is 19.8. The van der Waals surface area contributed by atoms with E-state index < -0.39 is 17.5 Å². The molecule has 0 aliphatic carbocycles. The maximum absolute atomic E-state index is 14.3. The van der Waals surface area contributed by atoms with Crippen LogP contribution < -0.4 is 5.32 Å². The summed E-state index contributed by atoms with van der Waals surface area (Å²) in [6.45, 7) is 0.437. The minimum absolute atomic E-state index is 0.146. The number of benzene rings is 2. The largest absolute Gasteiger partial charge is 0.368 e. The Balaban J connectivity index is 1.52. The van der Waals surface area contributed by atoms with Crippen LogP contribution in [0.4, 0.5) is 19.0 Å². The van der Waals surface area contributed by atoms with E-state index >= 15 is 0 Å². The summed E-state index contributed by atoms with van der Waals surface area (Å²) in [7, 11) is 0. The highest BCUT2D eigenvalue weighted by Crippen LogP contribution is 2.29. The number of rotatable bonds is 5. The number of halogens is 3. The third-order valence-corrected chi connectivity index (χ3v) is 4.92. The zero-order chi connectivity index (χ0) is 21.4. The van der Waals surface area contributed by atoms with Crippen LogP contribution in [0.3, 0.4) is 0 Å². The van der Waals surface area contributed by atoms with Gasteiger partial charge in [-0.25, -0.2) is 33.1 Å². The number of nitrogens with one attached hydrogen (secondary N) is 2. The van der Waals surface area contributed by atoms with Gasteiger partial charge in [-0.3, -0.25) is 0 Å². The van der Waals surface area contributed by atoms with E-state index in [4.69, 9.17) is 0 Å². The van der Waals surface area contributed by atoms with Gasteiger partial charge in [0.2, 0.25) is 0 Å². The molecule has 0 atom stereocenters. The summed E-state index contributed by atoms with van der Waals surface area (Å²) in [6, 6.07) is 9.59. The number of aromatic amines is 1. The number of para-hydroxylation sites is 1. The number of imidazole rings is 1. The molecule has 3 aromatic heterocycles.